The van der Waals surface area contributed by atoms with Crippen molar-refractivity contribution in [3.63, 3.8) is 0 Å². The van der Waals surface area contributed by atoms with E-state index in [9.17, 15) is 9.90 Å². The van der Waals surface area contributed by atoms with E-state index in [2.05, 4.69) is 20.9 Å². The average molecular weight is 374 g/mol. The molecule has 2 N–H and O–H groups in total. The van der Waals surface area contributed by atoms with E-state index >= 15 is 0 Å². The van der Waals surface area contributed by atoms with Gasteiger partial charge in [-0.15, -0.1) is 0 Å². The predicted octanol–water partition coefficient (Wildman–Crippen LogP) is 4.62. The summed E-state index contributed by atoms with van der Waals surface area (Å²) in [5, 5.41) is 10.2. The maximum atomic E-state index is 11.3. The number of ether oxygens (including phenoxy) is 1. The van der Waals surface area contributed by atoms with Crippen molar-refractivity contribution >= 4 is 32.8 Å². The van der Waals surface area contributed by atoms with Gasteiger partial charge in [0.25, 0.3) is 0 Å². The van der Waals surface area contributed by atoms with E-state index in [0.29, 0.717) is 6.61 Å². The Balaban J connectivity index is 2.27. The molecule has 0 spiro atoms. The quantitative estimate of drug-likeness (QED) is 0.685. The molecule has 0 unspecified atom stereocenters. The zero-order valence-electron chi connectivity index (χ0n) is 12.6. The fourth-order valence-electron chi connectivity index (χ4n) is 2.74. The van der Waals surface area contributed by atoms with Crippen LogP contribution in [0.25, 0.3) is 22.2 Å². The van der Waals surface area contributed by atoms with Gasteiger partial charge in [-0.1, -0.05) is 34.1 Å². The van der Waals surface area contributed by atoms with Gasteiger partial charge in [0, 0.05) is 20.9 Å². The van der Waals surface area contributed by atoms with Crippen LogP contribution < -0.4 is 4.74 Å². The molecule has 5 heteroatoms. The summed E-state index contributed by atoms with van der Waals surface area (Å²) in [6.45, 7) is 2.47. The molecule has 0 bridgehead atoms. The normalized spacial score (nSPS) is 10.9. The van der Waals surface area contributed by atoms with Crippen LogP contribution in [0.5, 0.6) is 5.75 Å². The zero-order valence-corrected chi connectivity index (χ0v) is 14.2. The predicted molar refractivity (Wildman–Crippen MR) is 93.9 cm³/mol. The molecular weight excluding hydrogens is 358 g/mol. The van der Waals surface area contributed by atoms with Gasteiger partial charge in [-0.3, -0.25) is 4.79 Å². The Morgan fingerprint density at radius 3 is 2.78 bits per heavy atom. The first kappa shape index (κ1) is 15.6. The second kappa shape index (κ2) is 6.46. The first-order chi connectivity index (χ1) is 11.1. The number of rotatable bonds is 5. The molecule has 23 heavy (non-hydrogen) atoms. The molecule has 0 saturated carbocycles. The molecule has 3 rings (SSSR count). The lowest BCUT2D eigenvalue weighted by Gasteiger charge is -2.11. The highest BCUT2D eigenvalue weighted by molar-refractivity contribution is 9.10. The molecule has 0 saturated heterocycles. The zero-order chi connectivity index (χ0) is 16.4. The van der Waals surface area contributed by atoms with E-state index in [1.807, 2.05) is 49.4 Å². The number of nitrogens with one attached hydrogen (secondary N) is 1. The van der Waals surface area contributed by atoms with Crippen LogP contribution in [-0.2, 0) is 11.2 Å². The number of fused-ring (bicyclic) bond motifs is 1. The van der Waals surface area contributed by atoms with Crippen LogP contribution in [0.1, 0.15) is 12.5 Å². The number of carboxylic acids is 1. The molecule has 0 fully saturated rings. The van der Waals surface area contributed by atoms with Crippen molar-refractivity contribution in [3.05, 3.63) is 52.5 Å². The molecule has 118 valence electrons. The Labute approximate surface area is 142 Å². The number of halogens is 1. The second-order valence-electron chi connectivity index (χ2n) is 5.17. The SMILES string of the molecule is CCOc1ccc(Br)cc1-c1[nH]c2ccccc2c1CC(=O)O. The summed E-state index contributed by atoms with van der Waals surface area (Å²) in [6, 6.07) is 13.5. The van der Waals surface area contributed by atoms with Crippen molar-refractivity contribution in [2.75, 3.05) is 6.61 Å². The maximum absolute atomic E-state index is 11.3. The van der Waals surface area contributed by atoms with Crippen LogP contribution in [-0.4, -0.2) is 22.7 Å². The van der Waals surface area contributed by atoms with Crippen molar-refractivity contribution < 1.29 is 14.6 Å². The van der Waals surface area contributed by atoms with Gasteiger partial charge in [0.15, 0.2) is 0 Å². The van der Waals surface area contributed by atoms with Gasteiger partial charge in [0.1, 0.15) is 5.75 Å². The van der Waals surface area contributed by atoms with Gasteiger partial charge in [-0.05, 0) is 36.8 Å². The lowest BCUT2D eigenvalue weighted by molar-refractivity contribution is -0.136. The number of aromatic nitrogens is 1. The number of aliphatic carboxylic acids is 1. The van der Waals surface area contributed by atoms with Gasteiger partial charge in [-0.25, -0.2) is 0 Å². The molecule has 1 heterocycles. The minimum atomic E-state index is -0.857. The topological polar surface area (TPSA) is 62.3 Å². The first-order valence-corrected chi connectivity index (χ1v) is 8.13. The number of aromatic amines is 1. The lowest BCUT2D eigenvalue weighted by atomic mass is 10.0. The highest BCUT2D eigenvalue weighted by Gasteiger charge is 2.18. The summed E-state index contributed by atoms with van der Waals surface area (Å²) in [4.78, 5) is 14.7. The molecule has 0 aliphatic rings. The van der Waals surface area contributed by atoms with Crippen LogP contribution >= 0.6 is 15.9 Å². The Morgan fingerprint density at radius 1 is 1.26 bits per heavy atom. The Bertz CT molecular complexity index is 870. The lowest BCUT2D eigenvalue weighted by Crippen LogP contribution is -2.02. The number of H-pyrrole nitrogens is 1. The first-order valence-electron chi connectivity index (χ1n) is 7.34. The monoisotopic (exact) mass is 373 g/mol. The largest absolute Gasteiger partial charge is 0.493 e. The molecule has 0 radical (unpaired) electrons. The van der Waals surface area contributed by atoms with Crippen molar-refractivity contribution in [2.45, 2.75) is 13.3 Å². The molecule has 0 atom stereocenters. The van der Waals surface area contributed by atoms with Gasteiger partial charge >= 0.3 is 5.97 Å². The summed E-state index contributed by atoms with van der Waals surface area (Å²) < 4.78 is 6.63. The van der Waals surface area contributed by atoms with E-state index in [0.717, 1.165) is 37.9 Å². The number of hydrogen-bond acceptors (Lipinski definition) is 2. The minimum absolute atomic E-state index is 0.0442. The van der Waals surface area contributed by atoms with Gasteiger partial charge in [0.05, 0.1) is 18.7 Å². The molecule has 0 aliphatic carbocycles. The number of hydrogen-bond donors (Lipinski definition) is 2. The number of carbonyl (C=O) groups is 1. The van der Waals surface area contributed by atoms with E-state index in [4.69, 9.17) is 4.74 Å². The van der Waals surface area contributed by atoms with Crippen molar-refractivity contribution in [1.29, 1.82) is 0 Å². The third-order valence-corrected chi connectivity index (χ3v) is 4.15. The van der Waals surface area contributed by atoms with Gasteiger partial charge in [-0.2, -0.15) is 0 Å². The third kappa shape index (κ3) is 3.10. The van der Waals surface area contributed by atoms with E-state index in [1.54, 1.807) is 0 Å². The number of benzene rings is 2. The minimum Gasteiger partial charge on any atom is -0.493 e. The third-order valence-electron chi connectivity index (χ3n) is 3.65. The molecule has 4 nitrogen and oxygen atoms in total. The summed E-state index contributed by atoms with van der Waals surface area (Å²) in [5.74, 6) is -0.127. The second-order valence-corrected chi connectivity index (χ2v) is 6.08. The highest BCUT2D eigenvalue weighted by atomic mass is 79.9. The van der Waals surface area contributed by atoms with E-state index < -0.39 is 5.97 Å². The van der Waals surface area contributed by atoms with Crippen LogP contribution in [0.15, 0.2) is 46.9 Å². The summed E-state index contributed by atoms with van der Waals surface area (Å²) in [6.07, 6.45) is -0.0442. The van der Waals surface area contributed by atoms with Gasteiger partial charge < -0.3 is 14.8 Å². The molecule has 0 amide bonds. The standard InChI is InChI=1S/C18H16BrNO3/c1-2-23-16-8-7-11(19)9-14(16)18-13(10-17(21)22)12-5-3-4-6-15(12)20-18/h3-9,20H,2,10H2,1H3,(H,21,22). The average Bonchev–Trinajstić information content (AvgIpc) is 2.87. The Hall–Kier alpha value is -2.27. The van der Waals surface area contributed by atoms with Gasteiger partial charge in [0.2, 0.25) is 0 Å². The van der Waals surface area contributed by atoms with Crippen molar-refractivity contribution in [2.24, 2.45) is 0 Å². The molecule has 3 aromatic rings. The summed E-state index contributed by atoms with van der Waals surface area (Å²) in [5.41, 5.74) is 3.33. The summed E-state index contributed by atoms with van der Waals surface area (Å²) >= 11 is 3.48. The van der Waals surface area contributed by atoms with Crippen LogP contribution in [0.3, 0.4) is 0 Å². The number of carboxylic acid groups (broad SMARTS) is 1. The smallest absolute Gasteiger partial charge is 0.307 e. The van der Waals surface area contributed by atoms with Crippen LogP contribution in [0.2, 0.25) is 0 Å². The molecular formula is C18H16BrNO3. The fourth-order valence-corrected chi connectivity index (χ4v) is 3.10. The molecule has 2 aromatic carbocycles. The number of para-hydroxylation sites is 1. The van der Waals surface area contributed by atoms with Crippen LogP contribution in [0, 0.1) is 0 Å². The van der Waals surface area contributed by atoms with Crippen LogP contribution in [0.4, 0.5) is 0 Å². The van der Waals surface area contributed by atoms with E-state index in [-0.39, 0.29) is 6.42 Å². The fraction of sp³-hybridized carbons (Fsp3) is 0.167. The van der Waals surface area contributed by atoms with E-state index in [1.165, 1.54) is 0 Å². The maximum Gasteiger partial charge on any atom is 0.307 e. The molecule has 0 aliphatic heterocycles. The van der Waals surface area contributed by atoms with Crippen molar-refractivity contribution in [1.82, 2.24) is 4.98 Å². The molecule has 1 aromatic heterocycles. The Morgan fingerprint density at radius 2 is 2.04 bits per heavy atom. The van der Waals surface area contributed by atoms with Crippen molar-refractivity contribution in [3.8, 4) is 17.0 Å². The summed E-state index contributed by atoms with van der Waals surface area (Å²) in [7, 11) is 0. The highest BCUT2D eigenvalue weighted by Crippen LogP contribution is 2.37. The Kier molecular flexibility index (Phi) is 4.39.